The van der Waals surface area contributed by atoms with Crippen molar-refractivity contribution in [3.63, 3.8) is 0 Å². The standard InChI is InChI=1S/C13H25NO/c1-4-12(5-2)10-14-8-6-7-13(14)9-11(3)15/h12-13H,4-10H2,1-3H3. The fourth-order valence-corrected chi connectivity index (χ4v) is 2.58. The second kappa shape index (κ2) is 6.26. The van der Waals surface area contributed by atoms with Crippen molar-refractivity contribution in [2.24, 2.45) is 5.92 Å². The van der Waals surface area contributed by atoms with Crippen LogP contribution in [0.15, 0.2) is 0 Å². The van der Waals surface area contributed by atoms with Gasteiger partial charge >= 0.3 is 0 Å². The van der Waals surface area contributed by atoms with E-state index in [0.29, 0.717) is 11.8 Å². The van der Waals surface area contributed by atoms with Crippen LogP contribution in [0.25, 0.3) is 0 Å². The highest BCUT2D eigenvalue weighted by Crippen LogP contribution is 2.23. The predicted molar refractivity (Wildman–Crippen MR) is 64.0 cm³/mol. The zero-order chi connectivity index (χ0) is 11.3. The van der Waals surface area contributed by atoms with Crippen LogP contribution in [0, 0.1) is 5.92 Å². The van der Waals surface area contributed by atoms with Crippen molar-refractivity contribution < 1.29 is 4.79 Å². The Balaban J connectivity index is 2.41. The van der Waals surface area contributed by atoms with E-state index in [-0.39, 0.29) is 0 Å². The fraction of sp³-hybridized carbons (Fsp3) is 0.923. The summed E-state index contributed by atoms with van der Waals surface area (Å²) in [6, 6.07) is 0.545. The van der Waals surface area contributed by atoms with Gasteiger partial charge in [-0.25, -0.2) is 0 Å². The molecule has 0 spiro atoms. The van der Waals surface area contributed by atoms with Crippen LogP contribution < -0.4 is 0 Å². The third kappa shape index (κ3) is 3.94. The molecule has 88 valence electrons. The lowest BCUT2D eigenvalue weighted by Crippen LogP contribution is -2.34. The van der Waals surface area contributed by atoms with E-state index < -0.39 is 0 Å². The highest BCUT2D eigenvalue weighted by molar-refractivity contribution is 5.76. The lowest BCUT2D eigenvalue weighted by atomic mass is 10.0. The zero-order valence-corrected chi connectivity index (χ0v) is 10.5. The van der Waals surface area contributed by atoms with Gasteiger partial charge in [0.2, 0.25) is 0 Å². The average Bonchev–Trinajstić information content (AvgIpc) is 2.61. The van der Waals surface area contributed by atoms with Gasteiger partial charge < -0.3 is 0 Å². The fourth-order valence-electron chi connectivity index (χ4n) is 2.58. The maximum absolute atomic E-state index is 11.1. The quantitative estimate of drug-likeness (QED) is 0.673. The van der Waals surface area contributed by atoms with Gasteiger partial charge in [0.15, 0.2) is 0 Å². The molecule has 2 heteroatoms. The number of hydrogen-bond donors (Lipinski definition) is 0. The largest absolute Gasteiger partial charge is 0.300 e. The van der Waals surface area contributed by atoms with Gasteiger partial charge in [-0.05, 0) is 32.2 Å². The molecule has 0 aromatic rings. The van der Waals surface area contributed by atoms with Gasteiger partial charge in [0.05, 0.1) is 0 Å². The topological polar surface area (TPSA) is 20.3 Å². The normalized spacial score (nSPS) is 22.5. The minimum absolute atomic E-state index is 0.344. The Morgan fingerprint density at radius 3 is 2.60 bits per heavy atom. The molecule has 1 fully saturated rings. The number of nitrogens with zero attached hydrogens (tertiary/aromatic N) is 1. The molecule has 0 radical (unpaired) electrons. The van der Waals surface area contributed by atoms with Gasteiger partial charge in [-0.15, -0.1) is 0 Å². The van der Waals surface area contributed by atoms with Crippen LogP contribution in [-0.4, -0.2) is 29.8 Å². The van der Waals surface area contributed by atoms with Crippen molar-refractivity contribution in [2.75, 3.05) is 13.1 Å². The van der Waals surface area contributed by atoms with Gasteiger partial charge in [0, 0.05) is 19.0 Å². The third-order valence-corrected chi connectivity index (χ3v) is 3.67. The number of Topliss-reactive ketones (excluding diaryl/α,β-unsaturated/α-hetero) is 1. The maximum atomic E-state index is 11.1. The van der Waals surface area contributed by atoms with Crippen molar-refractivity contribution in [3.05, 3.63) is 0 Å². The number of carbonyl (C=O) groups is 1. The van der Waals surface area contributed by atoms with Crippen LogP contribution in [0.1, 0.15) is 52.9 Å². The highest BCUT2D eigenvalue weighted by Gasteiger charge is 2.26. The SMILES string of the molecule is CCC(CC)CN1CCCC1CC(C)=O. The number of rotatable bonds is 6. The van der Waals surface area contributed by atoms with Gasteiger partial charge in [-0.1, -0.05) is 26.7 Å². The summed E-state index contributed by atoms with van der Waals surface area (Å²) in [5, 5.41) is 0. The van der Waals surface area contributed by atoms with Crippen LogP contribution in [0.3, 0.4) is 0 Å². The maximum Gasteiger partial charge on any atom is 0.131 e. The van der Waals surface area contributed by atoms with E-state index in [1.165, 1.54) is 38.8 Å². The molecule has 0 saturated carbocycles. The van der Waals surface area contributed by atoms with E-state index in [9.17, 15) is 4.79 Å². The van der Waals surface area contributed by atoms with Gasteiger partial charge in [0.1, 0.15) is 5.78 Å². The van der Waals surface area contributed by atoms with E-state index in [1.807, 2.05) is 0 Å². The molecule has 0 aromatic carbocycles. The summed E-state index contributed by atoms with van der Waals surface area (Å²) in [5.41, 5.74) is 0. The van der Waals surface area contributed by atoms with Crippen molar-refractivity contribution >= 4 is 5.78 Å². The molecule has 1 saturated heterocycles. The lowest BCUT2D eigenvalue weighted by Gasteiger charge is -2.27. The molecule has 1 rings (SSSR count). The average molecular weight is 211 g/mol. The Morgan fingerprint density at radius 2 is 2.07 bits per heavy atom. The van der Waals surface area contributed by atoms with E-state index in [0.717, 1.165) is 12.3 Å². The molecule has 0 aliphatic carbocycles. The van der Waals surface area contributed by atoms with Crippen LogP contribution in [0.2, 0.25) is 0 Å². The van der Waals surface area contributed by atoms with Crippen LogP contribution >= 0.6 is 0 Å². The van der Waals surface area contributed by atoms with E-state index >= 15 is 0 Å². The summed E-state index contributed by atoms with van der Waals surface area (Å²) in [6.45, 7) is 8.65. The molecule has 1 atom stereocenters. The first-order valence-electron chi connectivity index (χ1n) is 6.40. The summed E-state index contributed by atoms with van der Waals surface area (Å²) in [7, 11) is 0. The van der Waals surface area contributed by atoms with Crippen molar-refractivity contribution in [1.29, 1.82) is 0 Å². The van der Waals surface area contributed by atoms with E-state index in [4.69, 9.17) is 0 Å². The van der Waals surface area contributed by atoms with E-state index in [1.54, 1.807) is 6.92 Å². The van der Waals surface area contributed by atoms with Crippen molar-refractivity contribution in [3.8, 4) is 0 Å². The molecule has 0 amide bonds. The van der Waals surface area contributed by atoms with Gasteiger partial charge in [0.25, 0.3) is 0 Å². The molecule has 1 unspecified atom stereocenters. The molecule has 1 aliphatic heterocycles. The second-order valence-electron chi connectivity index (χ2n) is 4.88. The molecule has 1 heterocycles. The first-order chi connectivity index (χ1) is 7.17. The molecule has 1 aliphatic rings. The Morgan fingerprint density at radius 1 is 1.40 bits per heavy atom. The molecule has 0 aromatic heterocycles. The predicted octanol–water partition coefficient (Wildman–Crippen LogP) is 2.87. The lowest BCUT2D eigenvalue weighted by molar-refractivity contribution is -0.118. The molecule has 2 nitrogen and oxygen atoms in total. The monoisotopic (exact) mass is 211 g/mol. The highest BCUT2D eigenvalue weighted by atomic mass is 16.1. The number of hydrogen-bond acceptors (Lipinski definition) is 2. The van der Waals surface area contributed by atoms with Gasteiger partial charge in [-0.2, -0.15) is 0 Å². The smallest absolute Gasteiger partial charge is 0.131 e. The summed E-state index contributed by atoms with van der Waals surface area (Å²) in [6.07, 6.45) is 5.79. The Kier molecular flexibility index (Phi) is 5.30. The molecule has 0 N–H and O–H groups in total. The molecular formula is C13H25NO. The number of ketones is 1. The minimum atomic E-state index is 0.344. The van der Waals surface area contributed by atoms with Crippen molar-refractivity contribution in [1.82, 2.24) is 4.90 Å². The Hall–Kier alpha value is -0.370. The van der Waals surface area contributed by atoms with Crippen LogP contribution in [-0.2, 0) is 4.79 Å². The number of carbonyl (C=O) groups excluding carboxylic acids is 1. The second-order valence-corrected chi connectivity index (χ2v) is 4.88. The minimum Gasteiger partial charge on any atom is -0.300 e. The van der Waals surface area contributed by atoms with E-state index in [2.05, 4.69) is 18.7 Å². The van der Waals surface area contributed by atoms with Crippen LogP contribution in [0.4, 0.5) is 0 Å². The summed E-state index contributed by atoms with van der Waals surface area (Å²) in [4.78, 5) is 13.7. The third-order valence-electron chi connectivity index (χ3n) is 3.67. The van der Waals surface area contributed by atoms with Crippen LogP contribution in [0.5, 0.6) is 0 Å². The summed E-state index contributed by atoms with van der Waals surface area (Å²) in [5.74, 6) is 1.16. The number of likely N-dealkylation sites (tertiary alicyclic amines) is 1. The first kappa shape index (κ1) is 12.7. The first-order valence-corrected chi connectivity index (χ1v) is 6.40. The molecule has 15 heavy (non-hydrogen) atoms. The molecular weight excluding hydrogens is 186 g/mol. The Bertz CT molecular complexity index is 199. The summed E-state index contributed by atoms with van der Waals surface area (Å²) < 4.78 is 0. The molecule has 0 bridgehead atoms. The summed E-state index contributed by atoms with van der Waals surface area (Å²) >= 11 is 0. The zero-order valence-electron chi connectivity index (χ0n) is 10.5. The Labute approximate surface area is 94.0 Å². The van der Waals surface area contributed by atoms with Crippen molar-refractivity contribution in [2.45, 2.75) is 58.9 Å². The van der Waals surface area contributed by atoms with Gasteiger partial charge in [-0.3, -0.25) is 9.69 Å².